The molecule has 0 aliphatic heterocycles. The maximum Gasteiger partial charge on any atom is 0.00923 e. The van der Waals surface area contributed by atoms with Gasteiger partial charge in [0.25, 0.3) is 0 Å². The van der Waals surface area contributed by atoms with Crippen LogP contribution in [0.25, 0.3) is 6.08 Å². The molecule has 0 saturated heterocycles. The Hall–Kier alpha value is -0.560. The number of allylic oxidation sites excluding steroid dienone is 1. The van der Waals surface area contributed by atoms with Crippen LogP contribution in [0.3, 0.4) is 0 Å². The predicted octanol–water partition coefficient (Wildman–Crippen LogP) is 3.32. The Labute approximate surface area is 71.6 Å². The van der Waals surface area contributed by atoms with E-state index in [0.717, 1.165) is 0 Å². The van der Waals surface area contributed by atoms with Crippen molar-refractivity contribution < 1.29 is 0 Å². The molecule has 11 heavy (non-hydrogen) atoms. The largest absolute Gasteiger partial charge is 0.145 e. The van der Waals surface area contributed by atoms with Crippen molar-refractivity contribution in [2.75, 3.05) is 0 Å². The lowest BCUT2D eigenvalue weighted by Crippen LogP contribution is -1.79. The standard InChI is InChI=1S/C10H12S/c1-6-4-9-7(2)11-8(3)10(9)5-6/h4H,5H2,1-3H3. The predicted molar refractivity (Wildman–Crippen MR) is 51.1 cm³/mol. The molecule has 0 radical (unpaired) electrons. The highest BCUT2D eigenvalue weighted by Crippen LogP contribution is 2.35. The lowest BCUT2D eigenvalue weighted by Gasteiger charge is -1.91. The molecule has 0 spiro atoms. The van der Waals surface area contributed by atoms with Crippen molar-refractivity contribution in [1.82, 2.24) is 0 Å². The van der Waals surface area contributed by atoms with Gasteiger partial charge in [-0.1, -0.05) is 11.6 Å². The molecule has 0 fully saturated rings. The molecule has 0 unspecified atom stereocenters. The normalized spacial score (nSPS) is 15.0. The number of thiophene rings is 1. The van der Waals surface area contributed by atoms with Crippen LogP contribution in [0.1, 0.15) is 27.8 Å². The van der Waals surface area contributed by atoms with Gasteiger partial charge in [0.05, 0.1) is 0 Å². The average molecular weight is 164 g/mol. The van der Waals surface area contributed by atoms with Gasteiger partial charge in [-0.2, -0.15) is 0 Å². The van der Waals surface area contributed by atoms with E-state index in [1.54, 1.807) is 5.56 Å². The summed E-state index contributed by atoms with van der Waals surface area (Å²) in [6, 6.07) is 0. The summed E-state index contributed by atoms with van der Waals surface area (Å²) in [5.74, 6) is 0. The second-order valence-electron chi connectivity index (χ2n) is 3.27. The van der Waals surface area contributed by atoms with E-state index in [2.05, 4.69) is 26.8 Å². The van der Waals surface area contributed by atoms with E-state index >= 15 is 0 Å². The highest BCUT2D eigenvalue weighted by atomic mass is 32.1. The van der Waals surface area contributed by atoms with E-state index in [0.29, 0.717) is 0 Å². The Morgan fingerprint density at radius 1 is 1.18 bits per heavy atom. The van der Waals surface area contributed by atoms with Crippen molar-refractivity contribution in [2.24, 2.45) is 0 Å². The Bertz CT molecular complexity index is 329. The summed E-state index contributed by atoms with van der Waals surface area (Å²) in [5, 5.41) is 0. The van der Waals surface area contributed by atoms with Crippen LogP contribution < -0.4 is 0 Å². The Morgan fingerprint density at radius 3 is 2.55 bits per heavy atom. The van der Waals surface area contributed by atoms with Crippen molar-refractivity contribution in [3.63, 3.8) is 0 Å². The zero-order chi connectivity index (χ0) is 8.01. The molecule has 0 atom stereocenters. The topological polar surface area (TPSA) is 0 Å². The van der Waals surface area contributed by atoms with Crippen molar-refractivity contribution in [1.29, 1.82) is 0 Å². The molecule has 0 amide bonds. The summed E-state index contributed by atoms with van der Waals surface area (Å²) < 4.78 is 0. The quantitative estimate of drug-likeness (QED) is 0.551. The minimum Gasteiger partial charge on any atom is -0.145 e. The van der Waals surface area contributed by atoms with Gasteiger partial charge in [0.1, 0.15) is 0 Å². The van der Waals surface area contributed by atoms with Crippen molar-refractivity contribution in [3.8, 4) is 0 Å². The molecule has 58 valence electrons. The molecule has 1 aliphatic carbocycles. The summed E-state index contributed by atoms with van der Waals surface area (Å²) in [7, 11) is 0. The van der Waals surface area contributed by atoms with Crippen molar-refractivity contribution in [3.05, 3.63) is 26.5 Å². The first-order valence-corrected chi connectivity index (χ1v) is 4.76. The highest BCUT2D eigenvalue weighted by Gasteiger charge is 2.16. The average Bonchev–Trinajstić information content (AvgIpc) is 2.38. The van der Waals surface area contributed by atoms with E-state index in [1.165, 1.54) is 27.3 Å². The molecule has 1 heterocycles. The van der Waals surface area contributed by atoms with Gasteiger partial charge in [-0.15, -0.1) is 11.3 Å². The number of hydrogen-bond acceptors (Lipinski definition) is 1. The van der Waals surface area contributed by atoms with Gasteiger partial charge in [0, 0.05) is 9.75 Å². The molecule has 0 N–H and O–H groups in total. The number of hydrogen-bond donors (Lipinski definition) is 0. The second-order valence-corrected chi connectivity index (χ2v) is 4.70. The molecule has 1 aliphatic rings. The highest BCUT2D eigenvalue weighted by molar-refractivity contribution is 7.12. The molecule has 1 aromatic rings. The summed E-state index contributed by atoms with van der Waals surface area (Å²) >= 11 is 1.93. The van der Waals surface area contributed by atoms with Crippen LogP contribution in [0.5, 0.6) is 0 Å². The summed E-state index contributed by atoms with van der Waals surface area (Å²) in [6.45, 7) is 6.65. The first-order chi connectivity index (χ1) is 5.18. The minimum absolute atomic E-state index is 1.19. The monoisotopic (exact) mass is 164 g/mol. The fraction of sp³-hybridized carbons (Fsp3) is 0.400. The first kappa shape index (κ1) is 7.11. The van der Waals surface area contributed by atoms with Crippen molar-refractivity contribution in [2.45, 2.75) is 27.2 Å². The molecular formula is C10H12S. The summed E-state index contributed by atoms with van der Waals surface area (Å²) in [6.07, 6.45) is 3.51. The van der Waals surface area contributed by atoms with E-state index in [-0.39, 0.29) is 0 Å². The van der Waals surface area contributed by atoms with Gasteiger partial charge in [0.2, 0.25) is 0 Å². The van der Waals surface area contributed by atoms with E-state index in [1.807, 2.05) is 11.3 Å². The lowest BCUT2D eigenvalue weighted by molar-refractivity contribution is 1.18. The fourth-order valence-corrected chi connectivity index (χ4v) is 2.79. The minimum atomic E-state index is 1.19. The van der Waals surface area contributed by atoms with Crippen LogP contribution in [0.4, 0.5) is 0 Å². The van der Waals surface area contributed by atoms with Crippen LogP contribution in [0.2, 0.25) is 0 Å². The number of rotatable bonds is 0. The molecule has 0 nitrogen and oxygen atoms in total. The van der Waals surface area contributed by atoms with E-state index < -0.39 is 0 Å². The van der Waals surface area contributed by atoms with Gasteiger partial charge in [-0.05, 0) is 38.3 Å². The number of aryl methyl sites for hydroxylation is 2. The molecule has 0 aromatic carbocycles. The molecule has 1 aromatic heterocycles. The second kappa shape index (κ2) is 2.21. The Kier molecular flexibility index (Phi) is 1.43. The third-order valence-corrected chi connectivity index (χ3v) is 3.36. The maximum absolute atomic E-state index is 2.33. The third-order valence-electron chi connectivity index (χ3n) is 2.28. The van der Waals surface area contributed by atoms with E-state index in [9.17, 15) is 0 Å². The van der Waals surface area contributed by atoms with Crippen LogP contribution >= 0.6 is 11.3 Å². The third kappa shape index (κ3) is 0.951. The number of fused-ring (bicyclic) bond motifs is 1. The van der Waals surface area contributed by atoms with Gasteiger partial charge >= 0.3 is 0 Å². The van der Waals surface area contributed by atoms with Gasteiger partial charge in [-0.25, -0.2) is 0 Å². The van der Waals surface area contributed by atoms with Crippen LogP contribution in [0.15, 0.2) is 5.57 Å². The molecule has 0 saturated carbocycles. The first-order valence-electron chi connectivity index (χ1n) is 3.94. The van der Waals surface area contributed by atoms with Gasteiger partial charge in [-0.3, -0.25) is 0 Å². The van der Waals surface area contributed by atoms with Crippen molar-refractivity contribution >= 4 is 17.4 Å². The molecule has 0 bridgehead atoms. The van der Waals surface area contributed by atoms with E-state index in [4.69, 9.17) is 0 Å². The van der Waals surface area contributed by atoms with Crippen LogP contribution in [0, 0.1) is 13.8 Å². The molecule has 2 rings (SSSR count). The summed E-state index contributed by atoms with van der Waals surface area (Å²) in [5.41, 5.74) is 4.59. The smallest absolute Gasteiger partial charge is 0.00923 e. The SMILES string of the molecule is CC1=Cc2c(C)sc(C)c2C1. The van der Waals surface area contributed by atoms with Gasteiger partial charge in [0.15, 0.2) is 0 Å². The molecule has 1 heteroatoms. The summed E-state index contributed by atoms with van der Waals surface area (Å²) in [4.78, 5) is 2.99. The van der Waals surface area contributed by atoms with Gasteiger partial charge < -0.3 is 0 Å². The maximum atomic E-state index is 2.33. The van der Waals surface area contributed by atoms with Crippen LogP contribution in [-0.4, -0.2) is 0 Å². The lowest BCUT2D eigenvalue weighted by atomic mass is 10.1. The fourth-order valence-electron chi connectivity index (χ4n) is 1.73. The zero-order valence-corrected chi connectivity index (χ0v) is 8.01. The molecular weight excluding hydrogens is 152 g/mol. The Balaban J connectivity index is 2.62. The van der Waals surface area contributed by atoms with Crippen LogP contribution in [-0.2, 0) is 6.42 Å². The Morgan fingerprint density at radius 2 is 1.91 bits per heavy atom. The zero-order valence-electron chi connectivity index (χ0n) is 7.19.